The molecule has 1 aliphatic rings. The van der Waals surface area contributed by atoms with Crippen LogP contribution in [-0.2, 0) is 11.3 Å². The molecule has 1 saturated heterocycles. The molecular weight excluding hydrogens is 330 g/mol. The third-order valence-corrected chi connectivity index (χ3v) is 4.56. The van der Waals surface area contributed by atoms with E-state index in [-0.39, 0.29) is 12.1 Å². The van der Waals surface area contributed by atoms with Gasteiger partial charge < -0.3 is 20.1 Å². The molecule has 0 saturated carbocycles. The Hall–Kier alpha value is -2.60. The molecule has 6 nitrogen and oxygen atoms in total. The molecule has 1 aromatic carbocycles. The van der Waals surface area contributed by atoms with Crippen molar-refractivity contribution in [2.45, 2.75) is 25.4 Å². The van der Waals surface area contributed by atoms with Crippen LogP contribution in [0.15, 0.2) is 48.7 Å². The minimum atomic E-state index is -0.186. The number of nitrogens with zero attached hydrogens (tertiary/aromatic N) is 1. The molecule has 0 radical (unpaired) electrons. The summed E-state index contributed by atoms with van der Waals surface area (Å²) >= 11 is 0. The Morgan fingerprint density at radius 3 is 2.81 bits per heavy atom. The van der Waals surface area contributed by atoms with Crippen molar-refractivity contribution >= 4 is 6.03 Å². The van der Waals surface area contributed by atoms with Crippen molar-refractivity contribution in [1.82, 2.24) is 15.6 Å². The molecule has 2 N–H and O–H groups in total. The number of carbonyl (C=O) groups is 1. The maximum absolute atomic E-state index is 12.4. The number of hydrogen-bond acceptors (Lipinski definition) is 4. The Bertz CT molecular complexity index is 685. The van der Waals surface area contributed by atoms with Gasteiger partial charge in [-0.25, -0.2) is 9.78 Å². The molecule has 0 aliphatic carbocycles. The molecule has 2 heterocycles. The first-order valence-corrected chi connectivity index (χ1v) is 8.90. The van der Waals surface area contributed by atoms with Gasteiger partial charge in [0.15, 0.2) is 0 Å². The molecule has 26 heavy (non-hydrogen) atoms. The number of carbonyl (C=O) groups excluding carboxylic acids is 1. The first kappa shape index (κ1) is 18.2. The number of amides is 2. The number of urea groups is 1. The lowest BCUT2D eigenvalue weighted by Crippen LogP contribution is -2.38. The normalized spacial score (nSPS) is 17.5. The van der Waals surface area contributed by atoms with Crippen LogP contribution in [0.1, 0.15) is 30.0 Å². The second-order valence-corrected chi connectivity index (χ2v) is 6.46. The number of hydrogen-bond donors (Lipinski definition) is 2. The van der Waals surface area contributed by atoms with E-state index >= 15 is 0 Å². The molecule has 0 spiro atoms. The Labute approximate surface area is 153 Å². The predicted octanol–water partition coefficient (Wildman–Crippen LogP) is 3.06. The molecule has 0 bridgehead atoms. The highest BCUT2D eigenvalue weighted by Gasteiger charge is 2.23. The van der Waals surface area contributed by atoms with Gasteiger partial charge in [0, 0.05) is 32.0 Å². The van der Waals surface area contributed by atoms with Crippen molar-refractivity contribution in [2.75, 3.05) is 20.3 Å². The monoisotopic (exact) mass is 355 g/mol. The molecular formula is C20H25N3O3. The van der Waals surface area contributed by atoms with Gasteiger partial charge in [0.25, 0.3) is 0 Å². The minimum absolute atomic E-state index is 0.0307. The number of rotatable bonds is 7. The summed E-state index contributed by atoms with van der Waals surface area (Å²) in [4.78, 5) is 16.5. The third-order valence-electron chi connectivity index (χ3n) is 4.56. The van der Waals surface area contributed by atoms with Gasteiger partial charge in [-0.1, -0.05) is 36.4 Å². The maximum Gasteiger partial charge on any atom is 0.315 e. The molecule has 2 aromatic rings. The molecule has 2 amide bonds. The van der Waals surface area contributed by atoms with E-state index in [0.29, 0.717) is 18.3 Å². The number of aromatic nitrogens is 1. The third kappa shape index (κ3) is 5.20. The van der Waals surface area contributed by atoms with Gasteiger partial charge >= 0.3 is 6.03 Å². The fourth-order valence-corrected chi connectivity index (χ4v) is 3.09. The van der Waals surface area contributed by atoms with E-state index in [1.807, 2.05) is 36.4 Å². The van der Waals surface area contributed by atoms with Gasteiger partial charge in [-0.15, -0.1) is 0 Å². The molecule has 1 fully saturated rings. The average molecular weight is 355 g/mol. The second-order valence-electron chi connectivity index (χ2n) is 6.46. The highest BCUT2D eigenvalue weighted by atomic mass is 16.5. The zero-order valence-corrected chi connectivity index (χ0v) is 15.0. The fourth-order valence-electron chi connectivity index (χ4n) is 3.09. The summed E-state index contributed by atoms with van der Waals surface area (Å²) in [6.45, 7) is 1.99. The Morgan fingerprint density at radius 2 is 2.15 bits per heavy atom. The summed E-state index contributed by atoms with van der Waals surface area (Å²) < 4.78 is 10.5. The maximum atomic E-state index is 12.4. The van der Waals surface area contributed by atoms with Crippen LogP contribution in [-0.4, -0.2) is 31.3 Å². The largest absolute Gasteiger partial charge is 0.481 e. The zero-order valence-electron chi connectivity index (χ0n) is 15.0. The van der Waals surface area contributed by atoms with E-state index < -0.39 is 0 Å². The van der Waals surface area contributed by atoms with E-state index in [9.17, 15) is 4.79 Å². The molecule has 2 unspecified atom stereocenters. The summed E-state index contributed by atoms with van der Waals surface area (Å²) in [7, 11) is 1.58. The summed E-state index contributed by atoms with van der Waals surface area (Å²) in [6.07, 6.45) is 3.62. The lowest BCUT2D eigenvalue weighted by Gasteiger charge is -2.22. The minimum Gasteiger partial charge on any atom is -0.481 e. The number of ether oxygens (including phenoxy) is 2. The lowest BCUT2D eigenvalue weighted by atomic mass is 9.94. The number of benzene rings is 1. The number of methoxy groups -OCH3 is 1. The summed E-state index contributed by atoms with van der Waals surface area (Å²) in [5, 5.41) is 6.00. The van der Waals surface area contributed by atoms with Crippen molar-refractivity contribution in [3.05, 3.63) is 59.8 Å². The molecule has 6 heteroatoms. The summed E-state index contributed by atoms with van der Waals surface area (Å²) in [5.41, 5.74) is 2.03. The van der Waals surface area contributed by atoms with Crippen LogP contribution in [0.25, 0.3) is 0 Å². The van der Waals surface area contributed by atoms with Crippen molar-refractivity contribution in [2.24, 2.45) is 5.92 Å². The lowest BCUT2D eigenvalue weighted by molar-refractivity contribution is 0.181. The van der Waals surface area contributed by atoms with E-state index in [1.165, 1.54) is 0 Å². The quantitative estimate of drug-likeness (QED) is 0.801. The molecule has 1 aromatic heterocycles. The van der Waals surface area contributed by atoms with Crippen LogP contribution < -0.4 is 15.4 Å². The van der Waals surface area contributed by atoms with E-state index in [4.69, 9.17) is 9.47 Å². The first-order valence-electron chi connectivity index (χ1n) is 8.90. The summed E-state index contributed by atoms with van der Waals surface area (Å²) in [6, 6.07) is 13.5. The van der Waals surface area contributed by atoms with Crippen molar-refractivity contribution < 1.29 is 14.3 Å². The molecule has 138 valence electrons. The van der Waals surface area contributed by atoms with Crippen LogP contribution in [0, 0.1) is 5.92 Å². The van der Waals surface area contributed by atoms with Gasteiger partial charge in [-0.2, -0.15) is 0 Å². The van der Waals surface area contributed by atoms with Crippen molar-refractivity contribution in [3.8, 4) is 5.88 Å². The van der Waals surface area contributed by atoms with Gasteiger partial charge in [-0.3, -0.25) is 0 Å². The number of pyridine rings is 1. The van der Waals surface area contributed by atoms with Crippen molar-refractivity contribution in [3.63, 3.8) is 0 Å². The van der Waals surface area contributed by atoms with Gasteiger partial charge in [0.1, 0.15) is 0 Å². The zero-order chi connectivity index (χ0) is 18.2. The fraction of sp³-hybridized carbons (Fsp3) is 0.400. The Morgan fingerprint density at radius 1 is 1.31 bits per heavy atom. The SMILES string of the molecule is COc1ccc(CNC(=O)NC(CC2CCOC2)c2ccccc2)cn1. The van der Waals surface area contributed by atoms with Crippen molar-refractivity contribution in [1.29, 1.82) is 0 Å². The highest BCUT2D eigenvalue weighted by Crippen LogP contribution is 2.26. The smallest absolute Gasteiger partial charge is 0.315 e. The van der Waals surface area contributed by atoms with Crippen LogP contribution in [0.2, 0.25) is 0 Å². The Balaban J connectivity index is 1.57. The summed E-state index contributed by atoms with van der Waals surface area (Å²) in [5.74, 6) is 1.03. The topological polar surface area (TPSA) is 72.5 Å². The van der Waals surface area contributed by atoms with E-state index in [1.54, 1.807) is 19.4 Å². The number of nitrogens with one attached hydrogen (secondary N) is 2. The molecule has 2 atom stereocenters. The predicted molar refractivity (Wildman–Crippen MR) is 98.9 cm³/mol. The van der Waals surface area contributed by atoms with Gasteiger partial charge in [0.2, 0.25) is 5.88 Å². The molecule has 3 rings (SSSR count). The van der Waals surface area contributed by atoms with Gasteiger partial charge in [0.05, 0.1) is 13.2 Å². The van der Waals surface area contributed by atoms with Gasteiger partial charge in [-0.05, 0) is 29.9 Å². The van der Waals surface area contributed by atoms with E-state index in [2.05, 4.69) is 15.6 Å². The molecule has 1 aliphatic heterocycles. The average Bonchev–Trinajstić information content (AvgIpc) is 3.20. The van der Waals surface area contributed by atoms with Crippen LogP contribution >= 0.6 is 0 Å². The highest BCUT2D eigenvalue weighted by molar-refractivity contribution is 5.74. The van der Waals surface area contributed by atoms with Crippen LogP contribution in [0.4, 0.5) is 4.79 Å². The first-order chi connectivity index (χ1) is 12.7. The van der Waals surface area contributed by atoms with E-state index in [0.717, 1.165) is 37.2 Å². The second kappa shape index (κ2) is 9.20. The van der Waals surface area contributed by atoms with Crippen LogP contribution in [0.5, 0.6) is 5.88 Å². The standard InChI is InChI=1S/C20H25N3O3/c1-25-19-8-7-16(12-21-19)13-22-20(24)23-18(11-15-9-10-26-14-15)17-5-3-2-4-6-17/h2-8,12,15,18H,9-11,13-14H2,1H3,(H2,22,23,24). The Kier molecular flexibility index (Phi) is 6.44. The van der Waals surface area contributed by atoms with Crippen LogP contribution in [0.3, 0.4) is 0 Å².